The largest absolute Gasteiger partial charge is 0.505 e. The molecule has 0 aliphatic rings. The zero-order valence-corrected chi connectivity index (χ0v) is 11.4. The molecule has 0 aromatic heterocycles. The van der Waals surface area contributed by atoms with E-state index in [1.807, 2.05) is 24.3 Å². The van der Waals surface area contributed by atoms with Gasteiger partial charge in [0.05, 0.1) is 6.61 Å². The fourth-order valence-electron chi connectivity index (χ4n) is 1.75. The Labute approximate surface area is 118 Å². The SMILES string of the molecule is CCCOc1ccc(NCc2ccc(O)c(F)c2)cc1. The Kier molecular flexibility index (Phi) is 4.82. The minimum atomic E-state index is -0.604. The van der Waals surface area contributed by atoms with Crippen LogP contribution in [0.3, 0.4) is 0 Å². The Balaban J connectivity index is 1.91. The van der Waals surface area contributed by atoms with E-state index < -0.39 is 5.82 Å². The van der Waals surface area contributed by atoms with Crippen molar-refractivity contribution in [2.45, 2.75) is 19.9 Å². The molecule has 20 heavy (non-hydrogen) atoms. The Morgan fingerprint density at radius 2 is 1.90 bits per heavy atom. The van der Waals surface area contributed by atoms with Crippen molar-refractivity contribution in [2.75, 3.05) is 11.9 Å². The van der Waals surface area contributed by atoms with Gasteiger partial charge in [-0.15, -0.1) is 0 Å². The second kappa shape index (κ2) is 6.80. The average molecular weight is 275 g/mol. The van der Waals surface area contributed by atoms with Crippen molar-refractivity contribution in [3.8, 4) is 11.5 Å². The van der Waals surface area contributed by atoms with Crippen LogP contribution >= 0.6 is 0 Å². The number of aromatic hydroxyl groups is 1. The third-order valence-corrected chi connectivity index (χ3v) is 2.84. The quantitative estimate of drug-likeness (QED) is 0.839. The number of phenolic OH excluding ortho intramolecular Hbond substituents is 1. The first-order chi connectivity index (χ1) is 9.69. The minimum absolute atomic E-state index is 0.328. The van der Waals surface area contributed by atoms with Crippen molar-refractivity contribution < 1.29 is 14.2 Å². The molecule has 0 heterocycles. The molecule has 106 valence electrons. The Hall–Kier alpha value is -2.23. The van der Waals surface area contributed by atoms with Gasteiger partial charge in [-0.2, -0.15) is 0 Å². The topological polar surface area (TPSA) is 41.5 Å². The molecule has 0 spiro atoms. The van der Waals surface area contributed by atoms with E-state index in [2.05, 4.69) is 12.2 Å². The van der Waals surface area contributed by atoms with E-state index in [4.69, 9.17) is 9.84 Å². The smallest absolute Gasteiger partial charge is 0.165 e. The fourth-order valence-corrected chi connectivity index (χ4v) is 1.75. The van der Waals surface area contributed by atoms with Gasteiger partial charge in [-0.05, 0) is 48.4 Å². The van der Waals surface area contributed by atoms with Crippen molar-refractivity contribution in [2.24, 2.45) is 0 Å². The van der Waals surface area contributed by atoms with E-state index in [0.717, 1.165) is 23.4 Å². The molecule has 0 aliphatic carbocycles. The van der Waals surface area contributed by atoms with Gasteiger partial charge in [0.1, 0.15) is 5.75 Å². The summed E-state index contributed by atoms with van der Waals surface area (Å²) in [7, 11) is 0. The minimum Gasteiger partial charge on any atom is -0.505 e. The molecule has 0 aliphatic heterocycles. The van der Waals surface area contributed by atoms with Gasteiger partial charge >= 0.3 is 0 Å². The van der Waals surface area contributed by atoms with Gasteiger partial charge in [0, 0.05) is 12.2 Å². The summed E-state index contributed by atoms with van der Waals surface area (Å²) in [6.45, 7) is 3.26. The lowest BCUT2D eigenvalue weighted by Crippen LogP contribution is -2.00. The van der Waals surface area contributed by atoms with Gasteiger partial charge < -0.3 is 15.2 Å². The number of nitrogens with one attached hydrogen (secondary N) is 1. The van der Waals surface area contributed by atoms with E-state index in [1.165, 1.54) is 12.1 Å². The van der Waals surface area contributed by atoms with Crippen molar-refractivity contribution >= 4 is 5.69 Å². The molecule has 0 radical (unpaired) electrons. The second-order valence-electron chi connectivity index (χ2n) is 4.51. The summed E-state index contributed by atoms with van der Waals surface area (Å²) in [5.41, 5.74) is 1.70. The van der Waals surface area contributed by atoms with Crippen LogP contribution < -0.4 is 10.1 Å². The third-order valence-electron chi connectivity index (χ3n) is 2.84. The summed E-state index contributed by atoms with van der Waals surface area (Å²) in [5, 5.41) is 12.3. The molecular weight excluding hydrogens is 257 g/mol. The van der Waals surface area contributed by atoms with Gasteiger partial charge in [0.25, 0.3) is 0 Å². The van der Waals surface area contributed by atoms with Crippen LogP contribution in [0.4, 0.5) is 10.1 Å². The van der Waals surface area contributed by atoms with Crippen LogP contribution in [-0.4, -0.2) is 11.7 Å². The number of halogens is 1. The molecule has 4 heteroatoms. The molecule has 2 aromatic rings. The zero-order chi connectivity index (χ0) is 14.4. The highest BCUT2D eigenvalue weighted by atomic mass is 19.1. The van der Waals surface area contributed by atoms with Crippen LogP contribution in [0.25, 0.3) is 0 Å². The molecule has 2 aromatic carbocycles. The predicted octanol–water partition coefficient (Wildman–Crippen LogP) is 3.93. The van der Waals surface area contributed by atoms with Crippen molar-refractivity contribution in [1.82, 2.24) is 0 Å². The summed E-state index contributed by atoms with van der Waals surface area (Å²) < 4.78 is 18.7. The van der Waals surface area contributed by atoms with Gasteiger partial charge in [0.15, 0.2) is 11.6 Å². The van der Waals surface area contributed by atoms with E-state index in [9.17, 15) is 4.39 Å². The van der Waals surface area contributed by atoms with Crippen molar-refractivity contribution in [1.29, 1.82) is 0 Å². The summed E-state index contributed by atoms with van der Waals surface area (Å²) in [6, 6.07) is 12.0. The third kappa shape index (κ3) is 3.88. The number of benzene rings is 2. The number of hydrogen-bond donors (Lipinski definition) is 2. The van der Waals surface area contributed by atoms with Gasteiger partial charge in [-0.25, -0.2) is 4.39 Å². The van der Waals surface area contributed by atoms with E-state index in [0.29, 0.717) is 13.2 Å². The van der Waals surface area contributed by atoms with Crippen LogP contribution in [-0.2, 0) is 6.54 Å². The molecule has 3 nitrogen and oxygen atoms in total. The summed E-state index contributed by atoms with van der Waals surface area (Å²) >= 11 is 0. The summed E-state index contributed by atoms with van der Waals surface area (Å²) in [4.78, 5) is 0. The number of ether oxygens (including phenoxy) is 1. The maximum absolute atomic E-state index is 13.2. The Morgan fingerprint density at radius 3 is 2.55 bits per heavy atom. The van der Waals surface area contributed by atoms with Crippen LogP contribution in [0.1, 0.15) is 18.9 Å². The molecular formula is C16H18FNO2. The predicted molar refractivity (Wildman–Crippen MR) is 77.6 cm³/mol. The van der Waals surface area contributed by atoms with Gasteiger partial charge in [0.2, 0.25) is 0 Å². The summed E-state index contributed by atoms with van der Waals surface area (Å²) in [6.07, 6.45) is 0.979. The highest BCUT2D eigenvalue weighted by Gasteiger charge is 2.01. The fraction of sp³-hybridized carbons (Fsp3) is 0.250. The van der Waals surface area contributed by atoms with Crippen LogP contribution in [0.2, 0.25) is 0 Å². The zero-order valence-electron chi connectivity index (χ0n) is 11.4. The standard InChI is InChI=1S/C16H18FNO2/c1-2-9-20-14-6-4-13(5-7-14)18-11-12-3-8-16(19)15(17)10-12/h3-8,10,18-19H,2,9,11H2,1H3. The van der Waals surface area contributed by atoms with Crippen molar-refractivity contribution in [3.05, 3.63) is 53.8 Å². The Bertz CT molecular complexity index is 555. The maximum atomic E-state index is 13.2. The van der Waals surface area contributed by atoms with E-state index in [1.54, 1.807) is 6.07 Å². The van der Waals surface area contributed by atoms with Gasteiger partial charge in [-0.1, -0.05) is 13.0 Å². The number of phenols is 1. The highest BCUT2D eigenvalue weighted by molar-refractivity contribution is 5.47. The monoisotopic (exact) mass is 275 g/mol. The number of anilines is 1. The molecule has 0 saturated heterocycles. The van der Waals surface area contributed by atoms with Crippen LogP contribution in [0.5, 0.6) is 11.5 Å². The molecule has 0 fully saturated rings. The Morgan fingerprint density at radius 1 is 1.15 bits per heavy atom. The lowest BCUT2D eigenvalue weighted by molar-refractivity contribution is 0.317. The normalized spacial score (nSPS) is 10.3. The van der Waals surface area contributed by atoms with E-state index in [-0.39, 0.29) is 5.75 Å². The molecule has 0 atom stereocenters. The average Bonchev–Trinajstić information content (AvgIpc) is 2.47. The van der Waals surface area contributed by atoms with E-state index >= 15 is 0 Å². The molecule has 0 saturated carbocycles. The molecule has 2 rings (SSSR count). The molecule has 0 unspecified atom stereocenters. The number of rotatable bonds is 6. The van der Waals surface area contributed by atoms with Crippen LogP contribution in [0, 0.1) is 5.82 Å². The maximum Gasteiger partial charge on any atom is 0.165 e. The lowest BCUT2D eigenvalue weighted by atomic mass is 10.2. The molecule has 0 bridgehead atoms. The van der Waals surface area contributed by atoms with Crippen LogP contribution in [0.15, 0.2) is 42.5 Å². The summed E-state index contributed by atoms with van der Waals surface area (Å²) in [5.74, 6) is -0.0909. The second-order valence-corrected chi connectivity index (χ2v) is 4.51. The highest BCUT2D eigenvalue weighted by Crippen LogP contribution is 2.19. The van der Waals surface area contributed by atoms with Crippen molar-refractivity contribution in [3.63, 3.8) is 0 Å². The molecule has 0 amide bonds. The van der Waals surface area contributed by atoms with Gasteiger partial charge in [-0.3, -0.25) is 0 Å². The molecule has 2 N–H and O–H groups in total. The first-order valence-corrected chi connectivity index (χ1v) is 6.63. The number of hydrogen-bond acceptors (Lipinski definition) is 3. The first kappa shape index (κ1) is 14.2. The first-order valence-electron chi connectivity index (χ1n) is 6.63. The lowest BCUT2D eigenvalue weighted by Gasteiger charge is -2.09.